The summed E-state index contributed by atoms with van der Waals surface area (Å²) in [6.45, 7) is 4.85. The highest BCUT2D eigenvalue weighted by molar-refractivity contribution is 5.94. The molecule has 4 nitrogen and oxygen atoms in total. The van der Waals surface area contributed by atoms with Gasteiger partial charge in [0.05, 0.1) is 5.56 Å². The second kappa shape index (κ2) is 4.11. The minimum absolute atomic E-state index is 0.136. The number of fused-ring (bicyclic) bond motifs is 1. The predicted molar refractivity (Wildman–Crippen MR) is 64.8 cm³/mol. The summed E-state index contributed by atoms with van der Waals surface area (Å²) in [7, 11) is 0. The van der Waals surface area contributed by atoms with Gasteiger partial charge in [-0.2, -0.15) is 0 Å². The monoisotopic (exact) mass is 231 g/mol. The number of amides is 1. The van der Waals surface area contributed by atoms with Crippen molar-refractivity contribution in [2.75, 3.05) is 19.6 Å². The zero-order valence-corrected chi connectivity index (χ0v) is 10.0. The number of rotatable bonds is 1. The highest BCUT2D eigenvalue weighted by Crippen LogP contribution is 2.28. The summed E-state index contributed by atoms with van der Waals surface area (Å²) in [6, 6.07) is 2.31. The number of nitrogens with one attached hydrogen (secondary N) is 1. The van der Waals surface area contributed by atoms with Gasteiger partial charge in [0.1, 0.15) is 0 Å². The maximum Gasteiger partial charge on any atom is 0.255 e. The third kappa shape index (κ3) is 1.82. The van der Waals surface area contributed by atoms with E-state index >= 15 is 0 Å². The van der Waals surface area contributed by atoms with Crippen LogP contribution in [-0.2, 0) is 0 Å². The van der Waals surface area contributed by atoms with E-state index in [-0.39, 0.29) is 5.91 Å². The van der Waals surface area contributed by atoms with E-state index in [2.05, 4.69) is 10.3 Å². The van der Waals surface area contributed by atoms with E-state index in [0.717, 1.165) is 37.2 Å². The topological polar surface area (TPSA) is 45.2 Å². The first-order valence-electron chi connectivity index (χ1n) is 6.19. The molecule has 3 rings (SSSR count). The first-order valence-corrected chi connectivity index (χ1v) is 6.19. The van der Waals surface area contributed by atoms with E-state index in [1.165, 1.54) is 0 Å². The van der Waals surface area contributed by atoms with Crippen LogP contribution in [0, 0.1) is 12.8 Å². The Kier molecular flexibility index (Phi) is 2.59. The predicted octanol–water partition coefficient (Wildman–Crippen LogP) is 0.824. The fourth-order valence-corrected chi connectivity index (χ4v) is 2.94. The number of aromatic nitrogens is 1. The molecule has 0 unspecified atom stereocenters. The lowest BCUT2D eigenvalue weighted by atomic mass is 10.0. The van der Waals surface area contributed by atoms with Gasteiger partial charge in [-0.3, -0.25) is 9.78 Å². The van der Waals surface area contributed by atoms with Gasteiger partial charge >= 0.3 is 0 Å². The summed E-state index contributed by atoms with van der Waals surface area (Å²) >= 11 is 0. The Labute approximate surface area is 101 Å². The molecule has 17 heavy (non-hydrogen) atoms. The number of carbonyl (C=O) groups is 1. The van der Waals surface area contributed by atoms with Gasteiger partial charge in [-0.05, 0) is 30.9 Å². The van der Waals surface area contributed by atoms with Crippen LogP contribution in [0.2, 0.25) is 0 Å². The van der Waals surface area contributed by atoms with Crippen LogP contribution < -0.4 is 5.32 Å². The van der Waals surface area contributed by atoms with Crippen molar-refractivity contribution < 1.29 is 4.79 Å². The average molecular weight is 231 g/mol. The summed E-state index contributed by atoms with van der Waals surface area (Å²) in [4.78, 5) is 18.5. The maximum atomic E-state index is 12.4. The van der Waals surface area contributed by atoms with Gasteiger partial charge in [0.2, 0.25) is 0 Å². The molecule has 0 spiro atoms. The molecule has 0 bridgehead atoms. The van der Waals surface area contributed by atoms with Crippen LogP contribution in [0.15, 0.2) is 18.5 Å². The Bertz CT molecular complexity index is 446. The second-order valence-electron chi connectivity index (χ2n) is 5.02. The highest BCUT2D eigenvalue weighted by Gasteiger charge is 2.40. The smallest absolute Gasteiger partial charge is 0.255 e. The molecule has 4 heteroatoms. The van der Waals surface area contributed by atoms with Gasteiger partial charge < -0.3 is 10.2 Å². The summed E-state index contributed by atoms with van der Waals surface area (Å²) in [5.41, 5.74) is 1.76. The first kappa shape index (κ1) is 10.7. The molecule has 2 aliphatic rings. The average Bonchev–Trinajstić information content (AvgIpc) is 2.89. The zero-order valence-electron chi connectivity index (χ0n) is 10.0. The zero-order chi connectivity index (χ0) is 11.8. The lowest BCUT2D eigenvalue weighted by Crippen LogP contribution is -2.39. The molecular formula is C13H17N3O. The van der Waals surface area contributed by atoms with Crippen LogP contribution in [0.3, 0.4) is 0 Å². The van der Waals surface area contributed by atoms with Crippen LogP contribution in [0.25, 0.3) is 0 Å². The van der Waals surface area contributed by atoms with Crippen molar-refractivity contribution in [1.29, 1.82) is 0 Å². The normalized spacial score (nSPS) is 27.2. The molecule has 1 aromatic rings. The largest absolute Gasteiger partial charge is 0.334 e. The molecule has 90 valence electrons. The molecule has 1 aromatic heterocycles. The van der Waals surface area contributed by atoms with Crippen LogP contribution in [0.4, 0.5) is 0 Å². The summed E-state index contributed by atoms with van der Waals surface area (Å²) in [5.74, 6) is 0.786. The van der Waals surface area contributed by atoms with Crippen molar-refractivity contribution in [2.24, 2.45) is 5.92 Å². The SMILES string of the molecule is Cc1cncc(C(=O)N2CC[C@H]3CNC[C@H]32)c1. The number of aryl methyl sites for hydroxylation is 1. The number of carbonyl (C=O) groups excluding carboxylic acids is 1. The van der Waals surface area contributed by atoms with E-state index in [1.807, 2.05) is 17.9 Å². The molecule has 1 amide bonds. The van der Waals surface area contributed by atoms with Crippen molar-refractivity contribution in [3.8, 4) is 0 Å². The molecular weight excluding hydrogens is 214 g/mol. The Morgan fingerprint density at radius 1 is 1.47 bits per heavy atom. The van der Waals surface area contributed by atoms with Gasteiger partial charge in [-0.1, -0.05) is 0 Å². The fourth-order valence-electron chi connectivity index (χ4n) is 2.94. The fraction of sp³-hybridized carbons (Fsp3) is 0.538. The quantitative estimate of drug-likeness (QED) is 0.778. The van der Waals surface area contributed by atoms with E-state index in [1.54, 1.807) is 12.4 Å². The van der Waals surface area contributed by atoms with Crippen molar-refractivity contribution in [3.05, 3.63) is 29.6 Å². The van der Waals surface area contributed by atoms with Gasteiger partial charge in [0.15, 0.2) is 0 Å². The van der Waals surface area contributed by atoms with Crippen LogP contribution in [0.5, 0.6) is 0 Å². The molecule has 0 aliphatic carbocycles. The Balaban J connectivity index is 1.83. The molecule has 2 atom stereocenters. The minimum atomic E-state index is 0.136. The van der Waals surface area contributed by atoms with E-state index in [4.69, 9.17) is 0 Å². The molecule has 1 N–H and O–H groups in total. The van der Waals surface area contributed by atoms with Crippen molar-refractivity contribution >= 4 is 5.91 Å². The van der Waals surface area contributed by atoms with Crippen LogP contribution in [0.1, 0.15) is 22.3 Å². The Hall–Kier alpha value is -1.42. The molecule has 0 radical (unpaired) electrons. The van der Waals surface area contributed by atoms with Crippen LogP contribution >= 0.6 is 0 Å². The molecule has 0 aromatic carbocycles. The standard InChI is InChI=1S/C13H17N3O/c1-9-4-11(7-14-5-9)13(17)16-3-2-10-6-15-8-12(10)16/h4-5,7,10,12,15H,2-3,6,8H2,1H3/t10-,12+/m0/s1. The second-order valence-corrected chi connectivity index (χ2v) is 5.02. The summed E-state index contributed by atoms with van der Waals surface area (Å²) in [5, 5.41) is 3.36. The van der Waals surface area contributed by atoms with Gasteiger partial charge in [-0.25, -0.2) is 0 Å². The van der Waals surface area contributed by atoms with Crippen molar-refractivity contribution in [1.82, 2.24) is 15.2 Å². The third-order valence-electron chi connectivity index (χ3n) is 3.83. The molecule has 2 aliphatic heterocycles. The van der Waals surface area contributed by atoms with Crippen LogP contribution in [-0.4, -0.2) is 41.5 Å². The lowest BCUT2D eigenvalue weighted by molar-refractivity contribution is 0.0736. The van der Waals surface area contributed by atoms with Gasteiger partial charge in [0, 0.05) is 38.1 Å². The van der Waals surface area contributed by atoms with Gasteiger partial charge in [-0.15, -0.1) is 0 Å². The highest BCUT2D eigenvalue weighted by atomic mass is 16.2. The lowest BCUT2D eigenvalue weighted by Gasteiger charge is -2.23. The number of pyridine rings is 1. The third-order valence-corrected chi connectivity index (χ3v) is 3.83. The first-order chi connectivity index (χ1) is 8.25. The van der Waals surface area contributed by atoms with E-state index < -0.39 is 0 Å². The van der Waals surface area contributed by atoms with Crippen molar-refractivity contribution in [2.45, 2.75) is 19.4 Å². The van der Waals surface area contributed by atoms with E-state index in [0.29, 0.717) is 12.0 Å². The Morgan fingerprint density at radius 3 is 3.18 bits per heavy atom. The number of nitrogens with zero attached hydrogens (tertiary/aromatic N) is 2. The number of likely N-dealkylation sites (tertiary alicyclic amines) is 1. The maximum absolute atomic E-state index is 12.4. The number of hydrogen-bond acceptors (Lipinski definition) is 3. The van der Waals surface area contributed by atoms with E-state index in [9.17, 15) is 4.79 Å². The summed E-state index contributed by atoms with van der Waals surface area (Å²) in [6.07, 6.45) is 4.58. The Morgan fingerprint density at radius 2 is 2.35 bits per heavy atom. The molecule has 2 saturated heterocycles. The summed E-state index contributed by atoms with van der Waals surface area (Å²) < 4.78 is 0. The number of hydrogen-bond donors (Lipinski definition) is 1. The van der Waals surface area contributed by atoms with Gasteiger partial charge in [0.25, 0.3) is 5.91 Å². The molecule has 2 fully saturated rings. The minimum Gasteiger partial charge on any atom is -0.334 e. The molecule has 0 saturated carbocycles. The van der Waals surface area contributed by atoms with Crippen molar-refractivity contribution in [3.63, 3.8) is 0 Å². The molecule has 3 heterocycles.